The van der Waals surface area contributed by atoms with E-state index in [1.165, 1.54) is 5.56 Å². The number of para-hydroxylation sites is 1. The van der Waals surface area contributed by atoms with Crippen molar-refractivity contribution in [3.8, 4) is 11.5 Å². The lowest BCUT2D eigenvalue weighted by atomic mass is 10.1. The summed E-state index contributed by atoms with van der Waals surface area (Å²) in [6, 6.07) is 22.1. The van der Waals surface area contributed by atoms with Crippen LogP contribution in [0.2, 0.25) is 5.02 Å². The molecular weight excluding hydrogens is 584 g/mol. The number of hydrogen-bond donors (Lipinski definition) is 0. The van der Waals surface area contributed by atoms with Gasteiger partial charge in [0.25, 0.3) is 0 Å². The topological polar surface area (TPSA) is 85.6 Å². The first-order valence-corrected chi connectivity index (χ1v) is 15.8. The molecule has 0 saturated carbocycles. The fourth-order valence-electron chi connectivity index (χ4n) is 5.73. The SMILES string of the molecule is O=C(CCCSc1nnc2c3ccccc3n(Cc3cccc(Cl)c3)c2n1)N1CCN(Cc2ccc3c(c2)OCO3)CC1. The van der Waals surface area contributed by atoms with Gasteiger partial charge in [0.1, 0.15) is 5.52 Å². The van der Waals surface area contributed by atoms with Gasteiger partial charge in [-0.2, -0.15) is 0 Å². The minimum atomic E-state index is 0.208. The Hall–Kier alpha value is -3.86. The zero-order valence-electron chi connectivity index (χ0n) is 23.6. The van der Waals surface area contributed by atoms with Gasteiger partial charge in [0.15, 0.2) is 17.1 Å². The molecule has 2 aromatic heterocycles. The molecule has 1 fully saturated rings. The number of fused-ring (bicyclic) bond motifs is 4. The second-order valence-corrected chi connectivity index (χ2v) is 12.3. The van der Waals surface area contributed by atoms with Crippen LogP contribution in [-0.2, 0) is 17.9 Å². The highest BCUT2D eigenvalue weighted by Crippen LogP contribution is 2.33. The van der Waals surface area contributed by atoms with Crippen LogP contribution in [0.15, 0.2) is 71.9 Å². The Bertz CT molecular complexity index is 1790. The lowest BCUT2D eigenvalue weighted by Gasteiger charge is -2.34. The van der Waals surface area contributed by atoms with Crippen molar-refractivity contribution in [1.29, 1.82) is 0 Å². The van der Waals surface area contributed by atoms with Crippen LogP contribution < -0.4 is 9.47 Å². The highest BCUT2D eigenvalue weighted by molar-refractivity contribution is 7.99. The zero-order chi connectivity index (χ0) is 29.2. The third-order valence-electron chi connectivity index (χ3n) is 7.92. The van der Waals surface area contributed by atoms with Gasteiger partial charge in [-0.25, -0.2) is 4.98 Å². The van der Waals surface area contributed by atoms with E-state index in [0.717, 1.165) is 84.0 Å². The number of halogens is 1. The van der Waals surface area contributed by atoms with Crippen LogP contribution in [-0.4, -0.2) is 74.2 Å². The van der Waals surface area contributed by atoms with Crippen LogP contribution in [0.3, 0.4) is 0 Å². The van der Waals surface area contributed by atoms with E-state index >= 15 is 0 Å². The van der Waals surface area contributed by atoms with E-state index in [1.54, 1.807) is 11.8 Å². The molecule has 0 bridgehead atoms. The highest BCUT2D eigenvalue weighted by Gasteiger charge is 2.22. The van der Waals surface area contributed by atoms with Gasteiger partial charge < -0.3 is 18.9 Å². The predicted octanol–water partition coefficient (Wildman–Crippen LogP) is 5.63. The van der Waals surface area contributed by atoms with E-state index in [1.807, 2.05) is 47.4 Å². The maximum absolute atomic E-state index is 12.9. The first kappa shape index (κ1) is 27.9. The molecule has 11 heteroatoms. The highest BCUT2D eigenvalue weighted by atomic mass is 35.5. The predicted molar refractivity (Wildman–Crippen MR) is 168 cm³/mol. The third-order valence-corrected chi connectivity index (χ3v) is 9.08. The standard InChI is InChI=1S/C32H31ClN6O3S/c33-24-6-3-5-22(17-24)20-39-26-8-2-1-7-25(26)30-31(39)34-32(36-35-30)43-16-4-9-29(40)38-14-12-37(13-15-38)19-23-10-11-27-28(18-23)42-21-41-27/h1-3,5-8,10-11,17-18H,4,9,12-16,19-21H2. The Morgan fingerprint density at radius 2 is 1.72 bits per heavy atom. The molecule has 0 unspecified atom stereocenters. The summed E-state index contributed by atoms with van der Waals surface area (Å²) in [5, 5.41) is 11.3. The van der Waals surface area contributed by atoms with E-state index in [4.69, 9.17) is 26.1 Å². The molecule has 2 aliphatic heterocycles. The second-order valence-electron chi connectivity index (χ2n) is 10.8. The van der Waals surface area contributed by atoms with Crippen molar-refractivity contribution in [2.24, 2.45) is 0 Å². The Morgan fingerprint density at radius 3 is 2.60 bits per heavy atom. The summed E-state index contributed by atoms with van der Waals surface area (Å²) in [5.41, 5.74) is 4.93. The molecule has 0 radical (unpaired) electrons. The van der Waals surface area contributed by atoms with Crippen molar-refractivity contribution in [1.82, 2.24) is 29.5 Å². The van der Waals surface area contributed by atoms with Crippen LogP contribution >= 0.6 is 23.4 Å². The zero-order valence-corrected chi connectivity index (χ0v) is 25.2. The molecule has 43 heavy (non-hydrogen) atoms. The number of nitrogens with zero attached hydrogens (tertiary/aromatic N) is 6. The van der Waals surface area contributed by atoms with E-state index in [-0.39, 0.29) is 12.7 Å². The molecule has 2 aliphatic rings. The summed E-state index contributed by atoms with van der Waals surface area (Å²) >= 11 is 7.80. The van der Waals surface area contributed by atoms with Gasteiger partial charge in [0.05, 0.1) is 5.52 Å². The summed E-state index contributed by atoms with van der Waals surface area (Å²) in [4.78, 5) is 22.2. The van der Waals surface area contributed by atoms with Crippen molar-refractivity contribution >= 4 is 51.3 Å². The Labute approximate surface area is 258 Å². The molecule has 3 aromatic carbocycles. The van der Waals surface area contributed by atoms with Crippen LogP contribution in [0.1, 0.15) is 24.0 Å². The van der Waals surface area contributed by atoms with Crippen molar-refractivity contribution in [2.75, 3.05) is 38.7 Å². The van der Waals surface area contributed by atoms with E-state index < -0.39 is 0 Å². The first-order chi connectivity index (χ1) is 21.1. The van der Waals surface area contributed by atoms with Crippen LogP contribution in [0.5, 0.6) is 11.5 Å². The van der Waals surface area contributed by atoms with Gasteiger partial charge in [0.2, 0.25) is 17.9 Å². The summed E-state index contributed by atoms with van der Waals surface area (Å²) < 4.78 is 13.1. The molecule has 1 amide bonds. The number of rotatable bonds is 9. The molecule has 0 spiro atoms. The Morgan fingerprint density at radius 1 is 0.884 bits per heavy atom. The van der Waals surface area contributed by atoms with Gasteiger partial charge in [-0.15, -0.1) is 10.2 Å². The van der Waals surface area contributed by atoms with Crippen LogP contribution in [0, 0.1) is 0 Å². The van der Waals surface area contributed by atoms with Gasteiger partial charge >= 0.3 is 0 Å². The number of carbonyl (C=O) groups is 1. The van der Waals surface area contributed by atoms with Gasteiger partial charge in [-0.05, 0) is 47.9 Å². The van der Waals surface area contributed by atoms with Crippen molar-refractivity contribution in [3.63, 3.8) is 0 Å². The van der Waals surface area contributed by atoms with Crippen LogP contribution in [0.25, 0.3) is 22.1 Å². The van der Waals surface area contributed by atoms with E-state index in [9.17, 15) is 4.79 Å². The number of thioether (sulfide) groups is 1. The largest absolute Gasteiger partial charge is 0.454 e. The quantitative estimate of drug-likeness (QED) is 0.156. The summed E-state index contributed by atoms with van der Waals surface area (Å²) in [7, 11) is 0. The van der Waals surface area contributed by atoms with Gasteiger partial charge in [-0.3, -0.25) is 9.69 Å². The number of piperazine rings is 1. The number of carbonyl (C=O) groups excluding carboxylic acids is 1. The molecule has 220 valence electrons. The monoisotopic (exact) mass is 614 g/mol. The van der Waals surface area contributed by atoms with Gasteiger partial charge in [-0.1, -0.05) is 59.8 Å². The lowest BCUT2D eigenvalue weighted by Crippen LogP contribution is -2.48. The van der Waals surface area contributed by atoms with E-state index in [2.05, 4.69) is 43.9 Å². The number of hydrogen-bond acceptors (Lipinski definition) is 8. The van der Waals surface area contributed by atoms with Crippen molar-refractivity contribution < 1.29 is 14.3 Å². The molecule has 4 heterocycles. The Kier molecular flexibility index (Phi) is 8.06. The molecule has 7 rings (SSSR count). The molecule has 0 aliphatic carbocycles. The minimum Gasteiger partial charge on any atom is -0.454 e. The summed E-state index contributed by atoms with van der Waals surface area (Å²) in [6.07, 6.45) is 1.27. The molecular formula is C32H31ClN6O3S. The van der Waals surface area contributed by atoms with Gasteiger partial charge in [0, 0.05) is 61.9 Å². The third kappa shape index (κ3) is 6.13. The fourth-order valence-corrected chi connectivity index (χ4v) is 6.66. The minimum absolute atomic E-state index is 0.208. The normalized spacial score (nSPS) is 15.0. The second kappa shape index (κ2) is 12.4. The summed E-state index contributed by atoms with van der Waals surface area (Å²) in [5.74, 6) is 2.57. The maximum Gasteiger partial charge on any atom is 0.231 e. The molecule has 9 nitrogen and oxygen atoms in total. The van der Waals surface area contributed by atoms with Crippen molar-refractivity contribution in [2.45, 2.75) is 31.1 Å². The average Bonchev–Trinajstić information content (AvgIpc) is 3.62. The smallest absolute Gasteiger partial charge is 0.231 e. The molecule has 0 N–H and O–H groups in total. The van der Waals surface area contributed by atoms with Crippen LogP contribution in [0.4, 0.5) is 0 Å². The molecule has 0 atom stereocenters. The Balaban J connectivity index is 0.929. The summed E-state index contributed by atoms with van der Waals surface area (Å²) in [6.45, 7) is 4.97. The maximum atomic E-state index is 12.9. The van der Waals surface area contributed by atoms with E-state index in [0.29, 0.717) is 23.1 Å². The number of amides is 1. The average molecular weight is 615 g/mol. The lowest BCUT2D eigenvalue weighted by molar-refractivity contribution is -0.133. The molecule has 1 saturated heterocycles. The number of aromatic nitrogens is 4. The molecule has 5 aromatic rings. The fraction of sp³-hybridized carbons (Fsp3) is 0.312. The van der Waals surface area contributed by atoms with Crippen molar-refractivity contribution in [3.05, 3.63) is 82.9 Å². The first-order valence-electron chi connectivity index (χ1n) is 14.5. The number of ether oxygens (including phenoxy) is 2. The number of benzene rings is 3.